The number of nitrogens with one attached hydrogen (secondary N) is 1. The van der Waals surface area contributed by atoms with E-state index in [0.717, 1.165) is 30.2 Å². The maximum absolute atomic E-state index is 12.5. The Labute approximate surface area is 177 Å². The summed E-state index contributed by atoms with van der Waals surface area (Å²) in [6.45, 7) is 5.00. The Morgan fingerprint density at radius 2 is 1.79 bits per heavy atom. The molecule has 0 atom stereocenters. The fourth-order valence-electron chi connectivity index (χ4n) is 3.49. The van der Waals surface area contributed by atoms with E-state index in [4.69, 9.17) is 21.1 Å². The van der Waals surface area contributed by atoms with Gasteiger partial charge in [-0.25, -0.2) is 0 Å². The molecule has 2 aromatic rings. The van der Waals surface area contributed by atoms with Crippen LogP contribution < -0.4 is 19.7 Å². The molecular formula is C23H29ClN2O3. The maximum atomic E-state index is 12.5. The Morgan fingerprint density at radius 1 is 1.07 bits per heavy atom. The van der Waals surface area contributed by atoms with Crippen molar-refractivity contribution in [1.82, 2.24) is 0 Å². The van der Waals surface area contributed by atoms with Crippen molar-refractivity contribution in [2.75, 3.05) is 36.5 Å². The second-order valence-corrected chi connectivity index (χ2v) is 7.53. The van der Waals surface area contributed by atoms with Crippen molar-refractivity contribution < 1.29 is 14.3 Å². The summed E-state index contributed by atoms with van der Waals surface area (Å²) in [5, 5.41) is 3.66. The van der Waals surface area contributed by atoms with Gasteiger partial charge in [-0.05, 0) is 62.9 Å². The number of carbonyl (C=O) groups is 1. The van der Waals surface area contributed by atoms with Crippen LogP contribution >= 0.6 is 11.6 Å². The molecule has 3 rings (SSSR count). The van der Waals surface area contributed by atoms with Gasteiger partial charge in [0.05, 0.1) is 24.6 Å². The molecule has 0 radical (unpaired) electrons. The number of amides is 1. The number of halogens is 1. The van der Waals surface area contributed by atoms with Gasteiger partial charge in [-0.2, -0.15) is 0 Å². The minimum absolute atomic E-state index is 0.0350. The van der Waals surface area contributed by atoms with Gasteiger partial charge in [0.15, 0.2) is 11.5 Å². The van der Waals surface area contributed by atoms with Crippen LogP contribution in [0.1, 0.15) is 39.0 Å². The van der Waals surface area contributed by atoms with E-state index in [1.807, 2.05) is 49.4 Å². The van der Waals surface area contributed by atoms with Crippen LogP contribution in [-0.2, 0) is 4.79 Å². The van der Waals surface area contributed by atoms with E-state index in [9.17, 15) is 4.79 Å². The number of hydrogen-bond donors (Lipinski definition) is 1. The topological polar surface area (TPSA) is 50.8 Å². The van der Waals surface area contributed by atoms with Crippen molar-refractivity contribution >= 4 is 28.9 Å². The van der Waals surface area contributed by atoms with Gasteiger partial charge in [0, 0.05) is 24.5 Å². The largest absolute Gasteiger partial charge is 0.490 e. The van der Waals surface area contributed by atoms with Gasteiger partial charge >= 0.3 is 0 Å². The number of carbonyl (C=O) groups excluding carboxylic acids is 1. The summed E-state index contributed by atoms with van der Waals surface area (Å²) in [6.07, 6.45) is 4.61. The lowest BCUT2D eigenvalue weighted by Crippen LogP contribution is -2.30. The first-order valence-electron chi connectivity index (χ1n) is 10.4. The monoisotopic (exact) mass is 416 g/mol. The number of ether oxygens (including phenoxy) is 2. The molecule has 1 amide bonds. The molecule has 156 valence electrons. The van der Waals surface area contributed by atoms with Crippen LogP contribution in [0.15, 0.2) is 42.5 Å². The van der Waals surface area contributed by atoms with E-state index in [2.05, 4.69) is 10.2 Å². The number of piperidine rings is 1. The number of para-hydroxylation sites is 2. The van der Waals surface area contributed by atoms with Gasteiger partial charge in [-0.15, -0.1) is 0 Å². The summed E-state index contributed by atoms with van der Waals surface area (Å²) < 4.78 is 11.3. The Hall–Kier alpha value is -2.40. The molecule has 29 heavy (non-hydrogen) atoms. The predicted octanol–water partition coefficient (Wildman–Crippen LogP) is 5.53. The average molecular weight is 417 g/mol. The molecule has 1 aliphatic heterocycles. The van der Waals surface area contributed by atoms with E-state index >= 15 is 0 Å². The van der Waals surface area contributed by atoms with Crippen LogP contribution in [0.4, 0.5) is 11.4 Å². The zero-order valence-corrected chi connectivity index (χ0v) is 17.7. The average Bonchev–Trinajstić information content (AvgIpc) is 2.73. The number of hydrogen-bond acceptors (Lipinski definition) is 4. The summed E-state index contributed by atoms with van der Waals surface area (Å²) in [7, 11) is 0. The van der Waals surface area contributed by atoms with Gasteiger partial charge < -0.3 is 19.7 Å². The highest BCUT2D eigenvalue weighted by Gasteiger charge is 2.16. The molecule has 1 N–H and O–H groups in total. The number of nitrogens with zero attached hydrogens (tertiary/aromatic N) is 1. The van der Waals surface area contributed by atoms with Crippen LogP contribution in [0.5, 0.6) is 11.5 Å². The molecule has 2 aromatic carbocycles. The molecule has 0 spiro atoms. The van der Waals surface area contributed by atoms with E-state index in [0.29, 0.717) is 36.8 Å². The molecule has 0 aromatic heterocycles. The van der Waals surface area contributed by atoms with Crippen LogP contribution in [0, 0.1) is 0 Å². The zero-order valence-electron chi connectivity index (χ0n) is 17.0. The van der Waals surface area contributed by atoms with Crippen molar-refractivity contribution in [3.8, 4) is 11.5 Å². The third-order valence-electron chi connectivity index (χ3n) is 4.88. The molecule has 1 fully saturated rings. The highest BCUT2D eigenvalue weighted by atomic mass is 35.5. The molecule has 0 bridgehead atoms. The standard InChI is InChI=1S/C23H29ClN2O3/c1-2-28-21-9-4-5-10-22(21)29-16-8-11-23(27)25-19-17-18(24)12-13-20(19)26-14-6-3-7-15-26/h4-5,9-10,12-13,17H,2-3,6-8,11,14-16H2,1H3,(H,25,27). The SMILES string of the molecule is CCOc1ccccc1OCCCC(=O)Nc1cc(Cl)ccc1N1CCCCC1. The molecule has 0 aliphatic carbocycles. The fraction of sp³-hybridized carbons (Fsp3) is 0.435. The first-order chi connectivity index (χ1) is 14.2. The number of benzene rings is 2. The first-order valence-corrected chi connectivity index (χ1v) is 10.7. The van der Waals surface area contributed by atoms with Crippen molar-refractivity contribution in [2.45, 2.75) is 39.0 Å². The van der Waals surface area contributed by atoms with Gasteiger partial charge in [0.1, 0.15) is 0 Å². The van der Waals surface area contributed by atoms with Gasteiger partial charge in [0.25, 0.3) is 0 Å². The van der Waals surface area contributed by atoms with E-state index in [1.165, 1.54) is 19.3 Å². The fourth-order valence-corrected chi connectivity index (χ4v) is 3.66. The van der Waals surface area contributed by atoms with Crippen LogP contribution in [-0.4, -0.2) is 32.2 Å². The summed E-state index contributed by atoms with van der Waals surface area (Å²) in [5.41, 5.74) is 1.83. The number of rotatable bonds is 9. The molecule has 0 unspecified atom stereocenters. The zero-order chi connectivity index (χ0) is 20.5. The summed E-state index contributed by atoms with van der Waals surface area (Å²) >= 11 is 6.17. The van der Waals surface area contributed by atoms with Crippen LogP contribution in [0.3, 0.4) is 0 Å². The van der Waals surface area contributed by atoms with Gasteiger partial charge in [0.2, 0.25) is 5.91 Å². The van der Waals surface area contributed by atoms with Crippen molar-refractivity contribution in [2.24, 2.45) is 0 Å². The molecule has 0 saturated carbocycles. The third-order valence-corrected chi connectivity index (χ3v) is 5.12. The molecule has 1 saturated heterocycles. The Kier molecular flexibility index (Phi) is 8.05. The van der Waals surface area contributed by atoms with E-state index < -0.39 is 0 Å². The highest BCUT2D eigenvalue weighted by Crippen LogP contribution is 2.31. The predicted molar refractivity (Wildman–Crippen MR) is 118 cm³/mol. The minimum atomic E-state index is -0.0350. The van der Waals surface area contributed by atoms with Gasteiger partial charge in [-0.3, -0.25) is 4.79 Å². The smallest absolute Gasteiger partial charge is 0.224 e. The highest BCUT2D eigenvalue weighted by molar-refractivity contribution is 6.31. The lowest BCUT2D eigenvalue weighted by Gasteiger charge is -2.30. The van der Waals surface area contributed by atoms with Gasteiger partial charge in [-0.1, -0.05) is 23.7 Å². The maximum Gasteiger partial charge on any atom is 0.224 e. The molecule has 5 nitrogen and oxygen atoms in total. The quantitative estimate of drug-likeness (QED) is 0.546. The Bertz CT molecular complexity index is 806. The van der Waals surface area contributed by atoms with Crippen molar-refractivity contribution in [3.05, 3.63) is 47.5 Å². The Morgan fingerprint density at radius 3 is 2.52 bits per heavy atom. The van der Waals surface area contributed by atoms with E-state index in [-0.39, 0.29) is 5.91 Å². The summed E-state index contributed by atoms with van der Waals surface area (Å²) in [6, 6.07) is 13.3. The second kappa shape index (κ2) is 11.0. The lowest BCUT2D eigenvalue weighted by molar-refractivity contribution is -0.116. The molecule has 6 heteroatoms. The summed E-state index contributed by atoms with van der Waals surface area (Å²) in [5.74, 6) is 1.40. The normalized spacial score (nSPS) is 13.8. The van der Waals surface area contributed by atoms with Crippen LogP contribution in [0.2, 0.25) is 5.02 Å². The molecular weight excluding hydrogens is 388 g/mol. The van der Waals surface area contributed by atoms with Crippen molar-refractivity contribution in [3.63, 3.8) is 0 Å². The minimum Gasteiger partial charge on any atom is -0.490 e. The third kappa shape index (κ3) is 6.29. The van der Waals surface area contributed by atoms with Crippen molar-refractivity contribution in [1.29, 1.82) is 0 Å². The lowest BCUT2D eigenvalue weighted by atomic mass is 10.1. The molecule has 1 aliphatic rings. The first kappa shape index (κ1) is 21.3. The number of anilines is 2. The summed E-state index contributed by atoms with van der Waals surface area (Å²) in [4.78, 5) is 14.8. The molecule has 1 heterocycles. The Balaban J connectivity index is 1.51. The second-order valence-electron chi connectivity index (χ2n) is 7.09. The van der Waals surface area contributed by atoms with E-state index in [1.54, 1.807) is 0 Å². The van der Waals surface area contributed by atoms with Crippen LogP contribution in [0.25, 0.3) is 0 Å².